The van der Waals surface area contributed by atoms with E-state index in [1.807, 2.05) is 0 Å². The van der Waals surface area contributed by atoms with Crippen molar-refractivity contribution in [2.24, 2.45) is 0 Å². The number of aliphatic hydroxyl groups is 1. The quantitative estimate of drug-likeness (QED) is 0.779. The Morgan fingerprint density at radius 2 is 1.88 bits per heavy atom. The molecule has 0 aliphatic heterocycles. The van der Waals surface area contributed by atoms with Crippen molar-refractivity contribution in [3.05, 3.63) is 29.3 Å². The Balaban J connectivity index is 2.59. The number of hydrogen-bond acceptors (Lipinski definition) is 2. The van der Waals surface area contributed by atoms with Crippen molar-refractivity contribution >= 4 is 23.3 Å². The van der Waals surface area contributed by atoms with Gasteiger partial charge in [0.2, 0.25) is 0 Å². The summed E-state index contributed by atoms with van der Waals surface area (Å²) in [6, 6.07) is 6.43. The van der Waals surface area contributed by atoms with E-state index in [4.69, 9.17) is 11.6 Å². The van der Waals surface area contributed by atoms with Crippen LogP contribution < -0.4 is 10.6 Å². The van der Waals surface area contributed by atoms with Crippen LogP contribution in [-0.4, -0.2) is 22.8 Å². The van der Waals surface area contributed by atoms with E-state index in [-0.39, 0.29) is 6.03 Å². The molecule has 1 aromatic rings. The van der Waals surface area contributed by atoms with E-state index in [0.717, 1.165) is 0 Å². The maximum Gasteiger partial charge on any atom is 0.319 e. The van der Waals surface area contributed by atoms with Crippen LogP contribution in [0.5, 0.6) is 0 Å². The van der Waals surface area contributed by atoms with Gasteiger partial charge in [-0.1, -0.05) is 11.6 Å². The van der Waals surface area contributed by atoms with E-state index >= 15 is 0 Å². The Labute approximate surface area is 106 Å². The van der Waals surface area contributed by atoms with E-state index in [1.165, 1.54) is 0 Å². The normalized spacial score (nSPS) is 13.0. The molecule has 0 heterocycles. The molecule has 3 N–H and O–H groups in total. The van der Waals surface area contributed by atoms with Crippen LogP contribution in [0.2, 0.25) is 5.02 Å². The molecule has 1 unspecified atom stereocenters. The van der Waals surface area contributed by atoms with Crippen LogP contribution >= 0.6 is 11.6 Å². The smallest absolute Gasteiger partial charge is 0.319 e. The first-order valence-corrected chi connectivity index (χ1v) is 5.72. The van der Waals surface area contributed by atoms with Crippen LogP contribution in [0, 0.1) is 0 Å². The van der Waals surface area contributed by atoms with E-state index < -0.39 is 11.6 Å². The van der Waals surface area contributed by atoms with Gasteiger partial charge in [0.05, 0.1) is 11.6 Å². The molecule has 4 nitrogen and oxygen atoms in total. The zero-order chi connectivity index (χ0) is 13.1. The van der Waals surface area contributed by atoms with Crippen LogP contribution in [0.25, 0.3) is 0 Å². The third-order valence-corrected chi connectivity index (χ3v) is 2.83. The molecule has 0 saturated heterocycles. The minimum Gasteiger partial charge on any atom is -0.391 e. The van der Waals surface area contributed by atoms with Gasteiger partial charge >= 0.3 is 6.03 Å². The zero-order valence-corrected chi connectivity index (χ0v) is 10.9. The van der Waals surface area contributed by atoms with Crippen LogP contribution in [0.4, 0.5) is 10.5 Å². The monoisotopic (exact) mass is 256 g/mol. The molecule has 0 radical (unpaired) electrons. The van der Waals surface area contributed by atoms with Crippen LogP contribution in [0.3, 0.4) is 0 Å². The van der Waals surface area contributed by atoms with Crippen molar-refractivity contribution in [2.75, 3.05) is 5.32 Å². The molecule has 1 atom stereocenters. The van der Waals surface area contributed by atoms with Crippen LogP contribution in [0.1, 0.15) is 20.8 Å². The number of aliphatic hydroxyl groups excluding tert-OH is 1. The number of carbonyl (C=O) groups is 1. The van der Waals surface area contributed by atoms with Crippen molar-refractivity contribution in [3.63, 3.8) is 0 Å². The molecule has 17 heavy (non-hydrogen) atoms. The molecule has 0 fully saturated rings. The predicted molar refractivity (Wildman–Crippen MR) is 69.4 cm³/mol. The predicted octanol–water partition coefficient (Wildman–Crippen LogP) is 2.62. The third kappa shape index (κ3) is 4.24. The Bertz CT molecular complexity index is 388. The topological polar surface area (TPSA) is 61.4 Å². The first-order valence-electron chi connectivity index (χ1n) is 5.34. The second-order valence-electron chi connectivity index (χ2n) is 4.48. The minimum atomic E-state index is -0.684. The van der Waals surface area contributed by atoms with Gasteiger partial charge in [-0.25, -0.2) is 4.79 Å². The Morgan fingerprint density at radius 3 is 2.35 bits per heavy atom. The van der Waals surface area contributed by atoms with E-state index in [2.05, 4.69) is 10.6 Å². The standard InChI is InChI=1S/C12H17ClN2O2/c1-8(16)12(2,3)15-11(17)14-10-6-4-9(13)5-7-10/h4-8,16H,1-3H3,(H2,14,15,17). The van der Waals surface area contributed by atoms with Crippen molar-refractivity contribution < 1.29 is 9.90 Å². The van der Waals surface area contributed by atoms with E-state index in [9.17, 15) is 9.90 Å². The Hall–Kier alpha value is -1.26. The zero-order valence-electron chi connectivity index (χ0n) is 10.1. The lowest BCUT2D eigenvalue weighted by atomic mass is 9.99. The molecular weight excluding hydrogens is 240 g/mol. The highest BCUT2D eigenvalue weighted by atomic mass is 35.5. The number of amides is 2. The Morgan fingerprint density at radius 1 is 1.35 bits per heavy atom. The van der Waals surface area contributed by atoms with Crippen LogP contribution in [-0.2, 0) is 0 Å². The summed E-state index contributed by atoms with van der Waals surface area (Å²) in [4.78, 5) is 11.7. The fourth-order valence-electron chi connectivity index (χ4n) is 1.09. The number of benzene rings is 1. The van der Waals surface area contributed by atoms with Gasteiger partial charge in [0, 0.05) is 10.7 Å². The molecule has 0 aromatic heterocycles. The highest BCUT2D eigenvalue weighted by Crippen LogP contribution is 2.14. The highest BCUT2D eigenvalue weighted by Gasteiger charge is 2.25. The fourth-order valence-corrected chi connectivity index (χ4v) is 1.22. The van der Waals surface area contributed by atoms with Crippen molar-refractivity contribution in [2.45, 2.75) is 32.4 Å². The molecule has 5 heteroatoms. The number of halogens is 1. The molecule has 2 amide bonds. The SMILES string of the molecule is CC(O)C(C)(C)NC(=O)Nc1ccc(Cl)cc1. The maximum atomic E-state index is 11.7. The summed E-state index contributed by atoms with van der Waals surface area (Å²) in [5, 5.41) is 15.4. The van der Waals surface area contributed by atoms with Gasteiger partial charge in [-0.2, -0.15) is 0 Å². The van der Waals surface area contributed by atoms with Gasteiger partial charge in [0.1, 0.15) is 0 Å². The highest BCUT2D eigenvalue weighted by molar-refractivity contribution is 6.30. The number of nitrogens with one attached hydrogen (secondary N) is 2. The number of anilines is 1. The first kappa shape index (κ1) is 13.8. The summed E-state index contributed by atoms with van der Waals surface area (Å²) in [7, 11) is 0. The van der Waals surface area contributed by atoms with E-state index in [1.54, 1.807) is 45.0 Å². The number of urea groups is 1. The molecule has 1 rings (SSSR count). The van der Waals surface area contributed by atoms with Gasteiger partial charge in [0.25, 0.3) is 0 Å². The lowest BCUT2D eigenvalue weighted by Crippen LogP contribution is -2.52. The van der Waals surface area contributed by atoms with Gasteiger partial charge in [-0.05, 0) is 45.0 Å². The molecule has 94 valence electrons. The summed E-state index contributed by atoms with van der Waals surface area (Å²) in [6.45, 7) is 5.13. The van der Waals surface area contributed by atoms with Crippen LogP contribution in [0.15, 0.2) is 24.3 Å². The average Bonchev–Trinajstić information content (AvgIpc) is 2.20. The summed E-state index contributed by atoms with van der Waals surface area (Å²) in [5.41, 5.74) is -0.0375. The molecular formula is C12H17ClN2O2. The van der Waals surface area contributed by atoms with Crippen molar-refractivity contribution in [1.29, 1.82) is 0 Å². The molecule has 0 saturated carbocycles. The van der Waals surface area contributed by atoms with Gasteiger partial charge < -0.3 is 15.7 Å². The molecule has 0 spiro atoms. The second-order valence-corrected chi connectivity index (χ2v) is 4.92. The summed E-state index contributed by atoms with van der Waals surface area (Å²) in [5.74, 6) is 0. The Kier molecular flexibility index (Phi) is 4.37. The van der Waals surface area contributed by atoms with Crippen molar-refractivity contribution in [1.82, 2.24) is 5.32 Å². The lowest BCUT2D eigenvalue weighted by Gasteiger charge is -2.29. The fraction of sp³-hybridized carbons (Fsp3) is 0.417. The number of carbonyl (C=O) groups excluding carboxylic acids is 1. The first-order chi connectivity index (χ1) is 7.81. The second kappa shape index (κ2) is 5.38. The average molecular weight is 257 g/mol. The van der Waals surface area contributed by atoms with Gasteiger partial charge in [-0.3, -0.25) is 0 Å². The number of hydrogen-bond donors (Lipinski definition) is 3. The lowest BCUT2D eigenvalue weighted by molar-refractivity contribution is 0.103. The summed E-state index contributed by atoms with van der Waals surface area (Å²) >= 11 is 5.73. The number of rotatable bonds is 3. The molecule has 0 aliphatic rings. The van der Waals surface area contributed by atoms with Gasteiger partial charge in [0.15, 0.2) is 0 Å². The summed E-state index contributed by atoms with van der Waals surface area (Å²) < 4.78 is 0. The molecule has 0 aliphatic carbocycles. The largest absolute Gasteiger partial charge is 0.391 e. The molecule has 1 aromatic carbocycles. The maximum absolute atomic E-state index is 11.7. The van der Waals surface area contributed by atoms with Gasteiger partial charge in [-0.15, -0.1) is 0 Å². The third-order valence-electron chi connectivity index (χ3n) is 2.58. The van der Waals surface area contributed by atoms with E-state index in [0.29, 0.717) is 10.7 Å². The molecule has 0 bridgehead atoms. The van der Waals surface area contributed by atoms with Crippen molar-refractivity contribution in [3.8, 4) is 0 Å². The summed E-state index contributed by atoms with van der Waals surface area (Å²) in [6.07, 6.45) is -0.640. The minimum absolute atomic E-state index is 0.363.